The summed E-state index contributed by atoms with van der Waals surface area (Å²) < 4.78 is 5.42. The van der Waals surface area contributed by atoms with E-state index in [0.29, 0.717) is 11.3 Å². The van der Waals surface area contributed by atoms with E-state index in [-0.39, 0.29) is 12.5 Å². The summed E-state index contributed by atoms with van der Waals surface area (Å²) in [6.45, 7) is -0.178. The van der Waals surface area contributed by atoms with Crippen LogP contribution in [0.1, 0.15) is 11.1 Å². The van der Waals surface area contributed by atoms with Gasteiger partial charge in [0.05, 0.1) is 23.5 Å². The number of nitriles is 1. The average Bonchev–Trinajstić information content (AvgIpc) is 3.17. The fraction of sp³-hybridized carbons (Fsp3) is 0.0417. The van der Waals surface area contributed by atoms with Gasteiger partial charge in [0.2, 0.25) is 0 Å². The molecular formula is C24H18N4O2. The maximum atomic E-state index is 12.1. The molecule has 1 amide bonds. The summed E-state index contributed by atoms with van der Waals surface area (Å²) in [7, 11) is 0. The third kappa shape index (κ3) is 4.21. The quantitative estimate of drug-likeness (QED) is 0.379. The predicted octanol–water partition coefficient (Wildman–Crippen LogP) is 4.24. The molecule has 0 unspecified atom stereocenters. The number of hydrogen-bond acceptors (Lipinski definition) is 4. The number of para-hydroxylation sites is 1. The maximum Gasteiger partial charge on any atom is 0.277 e. The number of nitrogens with zero attached hydrogens (tertiary/aromatic N) is 2. The van der Waals surface area contributed by atoms with Gasteiger partial charge in [0.15, 0.2) is 6.61 Å². The van der Waals surface area contributed by atoms with E-state index in [9.17, 15) is 4.79 Å². The summed E-state index contributed by atoms with van der Waals surface area (Å²) in [6, 6.07) is 26.5. The van der Waals surface area contributed by atoms with Crippen LogP contribution < -0.4 is 10.2 Å². The van der Waals surface area contributed by atoms with Crippen LogP contribution in [0.25, 0.3) is 22.2 Å². The van der Waals surface area contributed by atoms with Crippen LogP contribution in [0, 0.1) is 11.3 Å². The zero-order valence-electron chi connectivity index (χ0n) is 16.0. The lowest BCUT2D eigenvalue weighted by atomic mass is 10.1. The third-order valence-electron chi connectivity index (χ3n) is 4.54. The molecule has 3 aromatic carbocycles. The smallest absolute Gasteiger partial charge is 0.277 e. The zero-order valence-corrected chi connectivity index (χ0v) is 16.0. The molecule has 0 radical (unpaired) electrons. The highest BCUT2D eigenvalue weighted by Crippen LogP contribution is 2.28. The minimum atomic E-state index is -0.378. The number of ether oxygens (including phenoxy) is 1. The average molecular weight is 394 g/mol. The fourth-order valence-corrected chi connectivity index (χ4v) is 3.11. The first-order valence-corrected chi connectivity index (χ1v) is 9.35. The topological polar surface area (TPSA) is 90.3 Å². The summed E-state index contributed by atoms with van der Waals surface area (Å²) in [4.78, 5) is 15.5. The van der Waals surface area contributed by atoms with Crippen LogP contribution in [0.3, 0.4) is 0 Å². The van der Waals surface area contributed by atoms with Crippen molar-refractivity contribution in [3.05, 3.63) is 90.0 Å². The second-order valence-electron chi connectivity index (χ2n) is 6.54. The monoisotopic (exact) mass is 394 g/mol. The molecule has 1 aromatic heterocycles. The molecule has 30 heavy (non-hydrogen) atoms. The number of hydrogen-bond donors (Lipinski definition) is 2. The number of amides is 1. The second-order valence-corrected chi connectivity index (χ2v) is 6.54. The van der Waals surface area contributed by atoms with Gasteiger partial charge >= 0.3 is 0 Å². The molecule has 0 aliphatic rings. The molecule has 1 heterocycles. The Hall–Kier alpha value is -4.37. The molecule has 4 rings (SSSR count). The van der Waals surface area contributed by atoms with Crippen LogP contribution in [0.2, 0.25) is 0 Å². The van der Waals surface area contributed by atoms with E-state index in [1.165, 1.54) is 0 Å². The Labute approximate surface area is 173 Å². The molecule has 0 saturated carbocycles. The summed E-state index contributed by atoms with van der Waals surface area (Å²) in [5, 5.41) is 13.9. The van der Waals surface area contributed by atoms with Crippen molar-refractivity contribution in [2.75, 3.05) is 6.61 Å². The second kappa shape index (κ2) is 8.76. The van der Waals surface area contributed by atoms with E-state index in [0.717, 1.165) is 27.7 Å². The first kappa shape index (κ1) is 19.0. The van der Waals surface area contributed by atoms with Crippen LogP contribution in [0.5, 0.6) is 5.75 Å². The molecule has 2 N–H and O–H groups in total. The van der Waals surface area contributed by atoms with E-state index in [4.69, 9.17) is 10.00 Å². The number of aromatic amines is 1. The number of carbonyl (C=O) groups excluding carboxylic acids is 1. The molecule has 4 aromatic rings. The highest BCUT2D eigenvalue weighted by Gasteiger charge is 2.11. The van der Waals surface area contributed by atoms with Gasteiger partial charge in [0.1, 0.15) is 5.75 Å². The Bertz CT molecular complexity index is 1240. The largest absolute Gasteiger partial charge is 0.484 e. The van der Waals surface area contributed by atoms with Crippen LogP contribution in [-0.2, 0) is 4.79 Å². The highest BCUT2D eigenvalue weighted by atomic mass is 16.5. The SMILES string of the molecule is N#Cc1ccc(OCC(=O)N/N=C/c2c(-c3ccccc3)[nH]c3ccccc23)cc1. The number of carbonyl (C=O) groups is 1. The van der Waals surface area contributed by atoms with Crippen molar-refractivity contribution >= 4 is 23.0 Å². The number of benzene rings is 3. The minimum absolute atomic E-state index is 0.178. The summed E-state index contributed by atoms with van der Waals surface area (Å²) in [5.41, 5.74) is 6.88. The van der Waals surface area contributed by atoms with Gasteiger partial charge in [-0.15, -0.1) is 0 Å². The first-order chi connectivity index (χ1) is 14.7. The van der Waals surface area contributed by atoms with Crippen LogP contribution in [0.4, 0.5) is 0 Å². The lowest BCUT2D eigenvalue weighted by molar-refractivity contribution is -0.123. The molecule has 0 fully saturated rings. The normalized spacial score (nSPS) is 10.8. The van der Waals surface area contributed by atoms with Crippen LogP contribution in [-0.4, -0.2) is 23.7 Å². The molecule has 0 aliphatic carbocycles. The zero-order chi connectivity index (χ0) is 20.8. The lowest BCUT2D eigenvalue weighted by Crippen LogP contribution is -2.24. The van der Waals surface area contributed by atoms with Gasteiger partial charge < -0.3 is 9.72 Å². The Morgan fingerprint density at radius 1 is 1.03 bits per heavy atom. The van der Waals surface area contributed by atoms with Crippen molar-refractivity contribution in [1.82, 2.24) is 10.4 Å². The van der Waals surface area contributed by atoms with E-state index in [2.05, 4.69) is 15.5 Å². The predicted molar refractivity (Wildman–Crippen MR) is 116 cm³/mol. The molecule has 6 heteroatoms. The van der Waals surface area contributed by atoms with Gasteiger partial charge in [-0.25, -0.2) is 5.43 Å². The van der Waals surface area contributed by atoms with Crippen molar-refractivity contribution in [3.8, 4) is 23.1 Å². The molecule has 0 atom stereocenters. The molecule has 0 saturated heterocycles. The summed E-state index contributed by atoms with van der Waals surface area (Å²) in [6.07, 6.45) is 1.64. The van der Waals surface area contributed by atoms with Crippen LogP contribution >= 0.6 is 0 Å². The Morgan fingerprint density at radius 3 is 2.53 bits per heavy atom. The molecule has 0 aliphatic heterocycles. The van der Waals surface area contributed by atoms with Gasteiger partial charge in [0, 0.05) is 16.5 Å². The highest BCUT2D eigenvalue weighted by molar-refractivity contribution is 6.06. The van der Waals surface area contributed by atoms with Crippen molar-refractivity contribution in [2.45, 2.75) is 0 Å². The van der Waals surface area contributed by atoms with E-state index >= 15 is 0 Å². The van der Waals surface area contributed by atoms with Crippen molar-refractivity contribution < 1.29 is 9.53 Å². The van der Waals surface area contributed by atoms with Gasteiger partial charge in [-0.1, -0.05) is 48.5 Å². The molecule has 0 bridgehead atoms. The molecule has 146 valence electrons. The van der Waals surface area contributed by atoms with Crippen molar-refractivity contribution in [2.24, 2.45) is 5.10 Å². The molecule has 6 nitrogen and oxygen atoms in total. The van der Waals surface area contributed by atoms with Gasteiger partial charge in [-0.05, 0) is 35.9 Å². The van der Waals surface area contributed by atoms with Gasteiger partial charge in [-0.3, -0.25) is 4.79 Å². The third-order valence-corrected chi connectivity index (χ3v) is 4.54. The Morgan fingerprint density at radius 2 is 1.77 bits per heavy atom. The number of hydrazone groups is 1. The van der Waals surface area contributed by atoms with E-state index < -0.39 is 0 Å². The number of nitrogens with one attached hydrogen (secondary N) is 2. The minimum Gasteiger partial charge on any atom is -0.484 e. The summed E-state index contributed by atoms with van der Waals surface area (Å²) >= 11 is 0. The summed E-state index contributed by atoms with van der Waals surface area (Å²) in [5.74, 6) is 0.132. The van der Waals surface area contributed by atoms with E-state index in [1.807, 2.05) is 60.7 Å². The first-order valence-electron chi connectivity index (χ1n) is 9.35. The van der Waals surface area contributed by atoms with Gasteiger partial charge in [-0.2, -0.15) is 10.4 Å². The number of rotatable bonds is 6. The molecule has 0 spiro atoms. The maximum absolute atomic E-state index is 12.1. The fourth-order valence-electron chi connectivity index (χ4n) is 3.11. The van der Waals surface area contributed by atoms with Crippen molar-refractivity contribution in [3.63, 3.8) is 0 Å². The number of H-pyrrole nitrogens is 1. The lowest BCUT2D eigenvalue weighted by Gasteiger charge is -2.05. The van der Waals surface area contributed by atoms with Crippen LogP contribution in [0.15, 0.2) is 84.0 Å². The molecular weight excluding hydrogens is 376 g/mol. The number of fused-ring (bicyclic) bond motifs is 1. The van der Waals surface area contributed by atoms with Crippen molar-refractivity contribution in [1.29, 1.82) is 5.26 Å². The Kier molecular flexibility index (Phi) is 5.54. The Balaban J connectivity index is 1.47. The van der Waals surface area contributed by atoms with Gasteiger partial charge in [0.25, 0.3) is 5.91 Å². The van der Waals surface area contributed by atoms with E-state index in [1.54, 1.807) is 30.5 Å². The standard InChI is InChI=1S/C24H18N4O2/c25-14-17-10-12-19(13-11-17)30-16-23(29)28-26-15-21-20-8-4-5-9-22(20)27-24(21)18-6-2-1-3-7-18/h1-13,15,27H,16H2,(H,28,29)/b26-15+. The number of aromatic nitrogens is 1.